The molecule has 0 N–H and O–H groups in total. The van der Waals surface area contributed by atoms with Crippen LogP contribution in [0.4, 0.5) is 0 Å². The molecule has 90 valence electrons. The minimum Gasteiger partial charge on any atom is -0.330 e. The van der Waals surface area contributed by atoms with Crippen molar-refractivity contribution in [2.24, 2.45) is 5.41 Å². The van der Waals surface area contributed by atoms with Crippen LogP contribution in [0.25, 0.3) is 0 Å². The quantitative estimate of drug-likeness (QED) is 0.605. The molecule has 0 amide bonds. The summed E-state index contributed by atoms with van der Waals surface area (Å²) in [6.07, 6.45) is 1.27. The van der Waals surface area contributed by atoms with E-state index in [4.69, 9.17) is 0 Å². The number of hydrogen-bond acceptors (Lipinski definition) is 0. The normalized spacial score (nSPS) is 10.7. The number of quaternary nitrogens is 1. The van der Waals surface area contributed by atoms with Crippen molar-refractivity contribution in [3.63, 3.8) is 0 Å². The standard InChI is InChI=1S/C9H22N.2C2H6/c1-7-9(2,3)8-10(4,5)6;2*1-2/h7-8H2,1-6H3;2*1-2H3/q+1;;. The van der Waals surface area contributed by atoms with Gasteiger partial charge < -0.3 is 4.48 Å². The first-order valence-corrected chi connectivity index (χ1v) is 6.07. The average molecular weight is 204 g/mol. The molecule has 1 nitrogen and oxygen atoms in total. The minimum absolute atomic E-state index is 0.498. The summed E-state index contributed by atoms with van der Waals surface area (Å²) < 4.78 is 1.07. The molecule has 0 unspecified atom stereocenters. The second kappa shape index (κ2) is 9.51. The van der Waals surface area contributed by atoms with E-state index in [-0.39, 0.29) is 0 Å². The molecular weight excluding hydrogens is 170 g/mol. The summed E-state index contributed by atoms with van der Waals surface area (Å²) in [7, 11) is 6.74. The highest BCUT2D eigenvalue weighted by Gasteiger charge is 2.23. The highest BCUT2D eigenvalue weighted by molar-refractivity contribution is 4.64. The van der Waals surface area contributed by atoms with Gasteiger partial charge in [0.1, 0.15) is 0 Å². The molecule has 0 bridgehead atoms. The van der Waals surface area contributed by atoms with Crippen LogP contribution in [-0.2, 0) is 0 Å². The maximum atomic E-state index is 2.33. The van der Waals surface area contributed by atoms with Crippen LogP contribution in [0, 0.1) is 5.41 Å². The molecule has 0 aliphatic rings. The third-order valence-electron chi connectivity index (χ3n) is 1.86. The largest absolute Gasteiger partial charge is 0.330 e. The van der Waals surface area contributed by atoms with E-state index in [0.29, 0.717) is 5.41 Å². The van der Waals surface area contributed by atoms with Crippen LogP contribution < -0.4 is 0 Å². The second-order valence-electron chi connectivity index (χ2n) is 4.97. The van der Waals surface area contributed by atoms with Gasteiger partial charge in [0, 0.05) is 5.41 Å². The number of hydrogen-bond donors (Lipinski definition) is 0. The Morgan fingerprint density at radius 3 is 1.21 bits per heavy atom. The lowest BCUT2D eigenvalue weighted by Gasteiger charge is -2.33. The Balaban J connectivity index is -0.000000266. The van der Waals surface area contributed by atoms with E-state index in [2.05, 4.69) is 41.9 Å². The zero-order chi connectivity index (χ0) is 12.4. The van der Waals surface area contributed by atoms with Crippen LogP contribution >= 0.6 is 0 Å². The zero-order valence-corrected chi connectivity index (χ0v) is 12.4. The van der Waals surface area contributed by atoms with Crippen molar-refractivity contribution in [1.29, 1.82) is 0 Å². The van der Waals surface area contributed by atoms with Crippen molar-refractivity contribution < 1.29 is 4.48 Å². The highest BCUT2D eigenvalue weighted by Crippen LogP contribution is 2.21. The van der Waals surface area contributed by atoms with Crippen molar-refractivity contribution in [1.82, 2.24) is 0 Å². The second-order valence-corrected chi connectivity index (χ2v) is 4.97. The van der Waals surface area contributed by atoms with Crippen molar-refractivity contribution in [2.75, 3.05) is 27.7 Å². The van der Waals surface area contributed by atoms with Crippen LogP contribution in [0.1, 0.15) is 54.9 Å². The van der Waals surface area contributed by atoms with Crippen LogP contribution in [0.15, 0.2) is 0 Å². The predicted octanol–water partition coefficient (Wildman–Crippen LogP) is 4.18. The Morgan fingerprint density at radius 1 is 0.857 bits per heavy atom. The Bertz CT molecular complexity index is 98.3. The van der Waals surface area contributed by atoms with Crippen molar-refractivity contribution >= 4 is 0 Å². The van der Waals surface area contributed by atoms with Gasteiger partial charge in [-0.3, -0.25) is 0 Å². The maximum Gasteiger partial charge on any atom is 0.0832 e. The fourth-order valence-electron chi connectivity index (χ4n) is 1.40. The fraction of sp³-hybridized carbons (Fsp3) is 1.00. The van der Waals surface area contributed by atoms with Gasteiger partial charge in [-0.05, 0) is 6.42 Å². The first-order valence-electron chi connectivity index (χ1n) is 6.07. The minimum atomic E-state index is 0.498. The molecule has 0 aliphatic heterocycles. The Morgan fingerprint density at radius 2 is 1.14 bits per heavy atom. The SMILES string of the molecule is CC.CC.CCC(C)(C)C[N+](C)(C)C. The molecule has 0 aromatic carbocycles. The van der Waals surface area contributed by atoms with Gasteiger partial charge in [-0.25, -0.2) is 0 Å². The summed E-state index contributed by atoms with van der Waals surface area (Å²) in [4.78, 5) is 0. The van der Waals surface area contributed by atoms with Gasteiger partial charge >= 0.3 is 0 Å². The van der Waals surface area contributed by atoms with E-state index in [1.165, 1.54) is 13.0 Å². The molecule has 0 radical (unpaired) electrons. The third kappa shape index (κ3) is 17.9. The van der Waals surface area contributed by atoms with E-state index < -0.39 is 0 Å². The van der Waals surface area contributed by atoms with E-state index in [9.17, 15) is 0 Å². The van der Waals surface area contributed by atoms with Gasteiger partial charge in [0.2, 0.25) is 0 Å². The molecule has 0 atom stereocenters. The lowest BCUT2D eigenvalue weighted by molar-refractivity contribution is -0.876. The molecular formula is C13H34N+. The molecule has 0 spiro atoms. The average Bonchev–Trinajstić information content (AvgIpc) is 2.08. The lowest BCUT2D eigenvalue weighted by atomic mass is 9.89. The van der Waals surface area contributed by atoms with Crippen LogP contribution in [0.3, 0.4) is 0 Å². The van der Waals surface area contributed by atoms with E-state index in [1.54, 1.807) is 0 Å². The Labute approximate surface area is 93.1 Å². The summed E-state index contributed by atoms with van der Waals surface area (Å²) in [6.45, 7) is 16.2. The molecule has 0 aliphatic carbocycles. The molecule has 0 aromatic heterocycles. The Hall–Kier alpha value is -0.0400. The summed E-state index contributed by atoms with van der Waals surface area (Å²) in [5, 5.41) is 0. The van der Waals surface area contributed by atoms with Crippen LogP contribution in [0.5, 0.6) is 0 Å². The van der Waals surface area contributed by atoms with Gasteiger partial charge in [-0.1, -0.05) is 48.5 Å². The molecule has 0 aromatic rings. The summed E-state index contributed by atoms with van der Waals surface area (Å²) >= 11 is 0. The van der Waals surface area contributed by atoms with Crippen LogP contribution in [0.2, 0.25) is 0 Å². The summed E-state index contributed by atoms with van der Waals surface area (Å²) in [5.74, 6) is 0. The monoisotopic (exact) mass is 204 g/mol. The van der Waals surface area contributed by atoms with Crippen LogP contribution in [-0.4, -0.2) is 32.2 Å². The molecule has 0 saturated heterocycles. The molecule has 0 heterocycles. The first-order chi connectivity index (χ1) is 6.27. The number of rotatable bonds is 3. The van der Waals surface area contributed by atoms with E-state index >= 15 is 0 Å². The summed E-state index contributed by atoms with van der Waals surface area (Å²) in [5.41, 5.74) is 0.498. The molecule has 0 rings (SSSR count). The first kappa shape index (κ1) is 19.5. The molecule has 14 heavy (non-hydrogen) atoms. The van der Waals surface area contributed by atoms with E-state index in [0.717, 1.165) is 4.48 Å². The predicted molar refractivity (Wildman–Crippen MR) is 69.7 cm³/mol. The molecule has 0 saturated carbocycles. The van der Waals surface area contributed by atoms with Gasteiger partial charge in [0.05, 0.1) is 27.7 Å². The summed E-state index contributed by atoms with van der Waals surface area (Å²) in [6, 6.07) is 0. The van der Waals surface area contributed by atoms with Crippen molar-refractivity contribution in [3.05, 3.63) is 0 Å². The lowest BCUT2D eigenvalue weighted by Crippen LogP contribution is -2.42. The van der Waals surface area contributed by atoms with Gasteiger partial charge in [0.25, 0.3) is 0 Å². The van der Waals surface area contributed by atoms with Gasteiger partial charge in [-0.2, -0.15) is 0 Å². The number of nitrogens with zero attached hydrogens (tertiary/aromatic N) is 1. The maximum absolute atomic E-state index is 2.33. The highest BCUT2D eigenvalue weighted by atomic mass is 15.3. The van der Waals surface area contributed by atoms with Gasteiger partial charge in [-0.15, -0.1) is 0 Å². The zero-order valence-electron chi connectivity index (χ0n) is 12.4. The molecule has 0 fully saturated rings. The molecule has 1 heteroatoms. The fourth-order valence-corrected chi connectivity index (χ4v) is 1.40. The van der Waals surface area contributed by atoms with Gasteiger partial charge in [0.15, 0.2) is 0 Å². The Kier molecular flexibility index (Phi) is 13.3. The van der Waals surface area contributed by atoms with E-state index in [1.807, 2.05) is 27.7 Å². The topological polar surface area (TPSA) is 0 Å². The van der Waals surface area contributed by atoms with Crippen molar-refractivity contribution in [2.45, 2.75) is 54.9 Å². The van der Waals surface area contributed by atoms with Crippen molar-refractivity contribution in [3.8, 4) is 0 Å². The smallest absolute Gasteiger partial charge is 0.0832 e. The third-order valence-corrected chi connectivity index (χ3v) is 1.86.